The van der Waals surface area contributed by atoms with E-state index in [0.717, 1.165) is 16.8 Å². The van der Waals surface area contributed by atoms with E-state index >= 15 is 0 Å². The number of nitrogens with two attached hydrogens (primary N) is 1. The van der Waals surface area contributed by atoms with Gasteiger partial charge in [0.15, 0.2) is 11.6 Å². The van der Waals surface area contributed by atoms with Crippen LogP contribution in [0, 0.1) is 11.6 Å². The average Bonchev–Trinajstić information content (AvgIpc) is 2.93. The van der Waals surface area contributed by atoms with Gasteiger partial charge in [0.05, 0.1) is 12.6 Å². The maximum atomic E-state index is 14.0. The average molecular weight is 369 g/mol. The van der Waals surface area contributed by atoms with Crippen LogP contribution in [0.15, 0.2) is 36.4 Å². The molecule has 1 unspecified atom stereocenters. The van der Waals surface area contributed by atoms with Crippen LogP contribution in [0.5, 0.6) is 5.75 Å². The summed E-state index contributed by atoms with van der Waals surface area (Å²) in [6.07, 6.45) is -1.22. The molecule has 1 atom stereocenters. The summed E-state index contributed by atoms with van der Waals surface area (Å²) in [5.74, 6) is -1.32. The van der Waals surface area contributed by atoms with E-state index < -0.39 is 28.0 Å². The molecule has 11 heteroatoms. The van der Waals surface area contributed by atoms with E-state index in [-0.39, 0.29) is 22.3 Å². The minimum Gasteiger partial charge on any atom is -0.494 e. The predicted molar refractivity (Wildman–Crippen MR) is 84.8 cm³/mol. The fraction of sp³-hybridized carbons (Fsp3) is 0.143. The number of nitrogens with zero attached hydrogens (tertiary/aromatic N) is 3. The standard InChI is InChI=1S/C14H13F2N5O3S/c1-24-13-7-11-12(6-10(13)16)21(20-18-11)14(19-25(17,22)23)8-3-2-4-9(15)5-8/h2-7,14,19H,1H3,(H2,17,22,23). The summed E-state index contributed by atoms with van der Waals surface area (Å²) < 4.78 is 58.7. The second kappa shape index (κ2) is 6.35. The normalized spacial score (nSPS) is 13.1. The number of benzene rings is 2. The molecule has 0 saturated heterocycles. The molecule has 3 N–H and O–H groups in total. The summed E-state index contributed by atoms with van der Waals surface area (Å²) in [7, 11) is -2.88. The third-order valence-electron chi connectivity index (χ3n) is 3.43. The second-order valence-corrected chi connectivity index (χ2v) is 6.46. The van der Waals surface area contributed by atoms with Gasteiger partial charge in [-0.05, 0) is 17.7 Å². The van der Waals surface area contributed by atoms with Crippen molar-refractivity contribution in [2.75, 3.05) is 7.11 Å². The van der Waals surface area contributed by atoms with Crippen molar-refractivity contribution in [2.45, 2.75) is 6.17 Å². The van der Waals surface area contributed by atoms with E-state index in [4.69, 9.17) is 9.88 Å². The van der Waals surface area contributed by atoms with Crippen molar-refractivity contribution < 1.29 is 21.9 Å². The van der Waals surface area contributed by atoms with Crippen LogP contribution in [0.25, 0.3) is 11.0 Å². The lowest BCUT2D eigenvalue weighted by Crippen LogP contribution is -2.38. The third kappa shape index (κ3) is 3.57. The molecule has 0 fully saturated rings. The van der Waals surface area contributed by atoms with E-state index in [2.05, 4.69) is 15.0 Å². The highest BCUT2D eigenvalue weighted by Crippen LogP contribution is 2.26. The first-order valence-electron chi connectivity index (χ1n) is 6.92. The van der Waals surface area contributed by atoms with Gasteiger partial charge in [0, 0.05) is 12.1 Å². The third-order valence-corrected chi connectivity index (χ3v) is 3.98. The van der Waals surface area contributed by atoms with Gasteiger partial charge in [0.1, 0.15) is 17.5 Å². The van der Waals surface area contributed by atoms with Crippen molar-refractivity contribution in [2.24, 2.45) is 5.14 Å². The van der Waals surface area contributed by atoms with E-state index in [9.17, 15) is 17.2 Å². The SMILES string of the molecule is COc1cc2nnn(C(NS(N)(=O)=O)c3cccc(F)c3)c2cc1F. The molecular weight excluding hydrogens is 356 g/mol. The molecule has 0 spiro atoms. The van der Waals surface area contributed by atoms with Crippen LogP contribution in [-0.4, -0.2) is 30.5 Å². The largest absolute Gasteiger partial charge is 0.494 e. The summed E-state index contributed by atoms with van der Waals surface area (Å²) in [6, 6.07) is 7.57. The molecule has 25 heavy (non-hydrogen) atoms. The Balaban J connectivity index is 2.19. The maximum absolute atomic E-state index is 14.0. The minimum absolute atomic E-state index is 0.0405. The summed E-state index contributed by atoms with van der Waals surface area (Å²) in [5.41, 5.74) is 0.636. The Morgan fingerprint density at radius 1 is 1.28 bits per heavy atom. The van der Waals surface area contributed by atoms with Crippen LogP contribution in [0.3, 0.4) is 0 Å². The molecule has 0 radical (unpaired) electrons. The van der Waals surface area contributed by atoms with Gasteiger partial charge in [0.2, 0.25) is 0 Å². The van der Waals surface area contributed by atoms with Gasteiger partial charge in [-0.15, -0.1) is 5.10 Å². The zero-order valence-electron chi connectivity index (χ0n) is 12.8. The molecular formula is C14H13F2N5O3S. The molecule has 2 aromatic carbocycles. The van der Waals surface area contributed by atoms with Crippen molar-refractivity contribution in [1.82, 2.24) is 19.7 Å². The maximum Gasteiger partial charge on any atom is 0.276 e. The van der Waals surface area contributed by atoms with Crippen molar-refractivity contribution in [3.05, 3.63) is 53.6 Å². The topological polar surface area (TPSA) is 112 Å². The number of hydrogen-bond acceptors (Lipinski definition) is 5. The molecule has 1 aromatic heterocycles. The first-order valence-corrected chi connectivity index (χ1v) is 8.47. The van der Waals surface area contributed by atoms with Gasteiger partial charge < -0.3 is 4.74 Å². The Hall–Kier alpha value is -2.63. The van der Waals surface area contributed by atoms with Crippen molar-refractivity contribution >= 4 is 21.2 Å². The van der Waals surface area contributed by atoms with Gasteiger partial charge in [-0.2, -0.15) is 13.1 Å². The van der Waals surface area contributed by atoms with Crippen LogP contribution >= 0.6 is 0 Å². The number of aromatic nitrogens is 3. The number of methoxy groups -OCH3 is 1. The number of nitrogens with one attached hydrogen (secondary N) is 1. The van der Waals surface area contributed by atoms with Crippen LogP contribution < -0.4 is 14.6 Å². The number of hydrogen-bond donors (Lipinski definition) is 2. The highest BCUT2D eigenvalue weighted by Gasteiger charge is 2.23. The van der Waals surface area contributed by atoms with Crippen molar-refractivity contribution in [1.29, 1.82) is 0 Å². The quantitative estimate of drug-likeness (QED) is 0.698. The molecule has 0 amide bonds. The number of fused-ring (bicyclic) bond motifs is 1. The highest BCUT2D eigenvalue weighted by atomic mass is 32.2. The molecule has 0 aliphatic heterocycles. The summed E-state index contributed by atoms with van der Waals surface area (Å²) in [4.78, 5) is 0. The molecule has 0 aliphatic rings. The molecule has 0 aliphatic carbocycles. The van der Waals surface area contributed by atoms with E-state index in [0.29, 0.717) is 0 Å². The Kier molecular flexibility index (Phi) is 4.37. The van der Waals surface area contributed by atoms with Gasteiger partial charge >= 0.3 is 0 Å². The van der Waals surface area contributed by atoms with Crippen LogP contribution in [0.4, 0.5) is 8.78 Å². The molecule has 0 saturated carbocycles. The lowest BCUT2D eigenvalue weighted by molar-refractivity contribution is 0.387. The molecule has 1 heterocycles. The van der Waals surface area contributed by atoms with E-state index in [1.54, 1.807) is 0 Å². The van der Waals surface area contributed by atoms with Crippen LogP contribution in [0.2, 0.25) is 0 Å². The zero-order valence-corrected chi connectivity index (χ0v) is 13.7. The first kappa shape index (κ1) is 17.2. The summed E-state index contributed by atoms with van der Waals surface area (Å²) in [6.45, 7) is 0. The Labute approximate surface area is 141 Å². The monoisotopic (exact) mass is 369 g/mol. The Bertz CT molecular complexity index is 1040. The summed E-state index contributed by atoms with van der Waals surface area (Å²) >= 11 is 0. The highest BCUT2D eigenvalue weighted by molar-refractivity contribution is 7.87. The van der Waals surface area contributed by atoms with Crippen LogP contribution in [-0.2, 0) is 10.2 Å². The zero-order chi connectivity index (χ0) is 18.2. The van der Waals surface area contributed by atoms with Gasteiger partial charge in [-0.3, -0.25) is 0 Å². The molecule has 0 bridgehead atoms. The number of halogens is 2. The minimum atomic E-state index is -4.18. The van der Waals surface area contributed by atoms with Crippen molar-refractivity contribution in [3.8, 4) is 5.75 Å². The first-order chi connectivity index (χ1) is 11.8. The molecule has 3 rings (SSSR count). The van der Waals surface area contributed by atoms with E-state index in [1.807, 2.05) is 0 Å². The lowest BCUT2D eigenvalue weighted by Gasteiger charge is -2.18. The Morgan fingerprint density at radius 3 is 2.68 bits per heavy atom. The molecule has 8 nitrogen and oxygen atoms in total. The van der Waals surface area contributed by atoms with Crippen LogP contribution in [0.1, 0.15) is 11.7 Å². The van der Waals surface area contributed by atoms with Gasteiger partial charge in [-0.25, -0.2) is 18.6 Å². The fourth-order valence-corrected chi connectivity index (χ4v) is 2.93. The molecule has 132 valence electrons. The number of rotatable bonds is 5. The second-order valence-electron chi connectivity index (χ2n) is 5.13. The lowest BCUT2D eigenvalue weighted by atomic mass is 10.1. The van der Waals surface area contributed by atoms with Gasteiger partial charge in [0.25, 0.3) is 10.2 Å². The predicted octanol–water partition coefficient (Wildman–Crippen LogP) is 1.06. The number of ether oxygens (including phenoxy) is 1. The van der Waals surface area contributed by atoms with Gasteiger partial charge in [-0.1, -0.05) is 17.3 Å². The van der Waals surface area contributed by atoms with Crippen molar-refractivity contribution in [3.63, 3.8) is 0 Å². The fourth-order valence-electron chi connectivity index (χ4n) is 2.38. The van der Waals surface area contributed by atoms with E-state index in [1.165, 1.54) is 31.4 Å². The summed E-state index contributed by atoms with van der Waals surface area (Å²) in [5, 5.41) is 12.8. The molecule has 3 aromatic rings. The Morgan fingerprint density at radius 2 is 2.04 bits per heavy atom. The smallest absolute Gasteiger partial charge is 0.276 e.